The predicted molar refractivity (Wildman–Crippen MR) is 89.5 cm³/mol. The normalized spacial score (nSPS) is 34.8. The minimum atomic E-state index is 0.143. The van der Waals surface area contributed by atoms with Crippen LogP contribution in [-0.2, 0) is 4.79 Å². The van der Waals surface area contributed by atoms with Gasteiger partial charge >= 0.3 is 0 Å². The first kappa shape index (κ1) is 14.2. The molecule has 5 rings (SSSR count). The second-order valence-electron chi connectivity index (χ2n) is 7.70. The van der Waals surface area contributed by atoms with Gasteiger partial charge in [-0.05, 0) is 25.7 Å². The molecule has 1 N–H and O–H groups in total. The van der Waals surface area contributed by atoms with Crippen LogP contribution < -0.4 is 4.90 Å². The van der Waals surface area contributed by atoms with Gasteiger partial charge in [0.15, 0.2) is 11.5 Å². The van der Waals surface area contributed by atoms with Crippen molar-refractivity contribution >= 4 is 22.9 Å². The monoisotopic (exact) mass is 326 g/mol. The van der Waals surface area contributed by atoms with Crippen LogP contribution in [0.4, 0.5) is 5.82 Å². The SMILES string of the molecule is CC(=O)N1C2CCC[C@H]3N(c4ncnc5nc[nH]c45)C[C@@H]1C[C@@]23C. The van der Waals surface area contributed by atoms with Gasteiger partial charge in [-0.1, -0.05) is 6.92 Å². The number of imidazole rings is 1. The third kappa shape index (κ3) is 1.67. The van der Waals surface area contributed by atoms with Crippen molar-refractivity contribution in [1.82, 2.24) is 24.8 Å². The van der Waals surface area contributed by atoms with Crippen LogP contribution in [0.2, 0.25) is 0 Å². The van der Waals surface area contributed by atoms with E-state index in [-0.39, 0.29) is 17.4 Å². The van der Waals surface area contributed by atoms with E-state index in [0.29, 0.717) is 17.7 Å². The Kier molecular flexibility index (Phi) is 2.76. The molecule has 2 bridgehead atoms. The van der Waals surface area contributed by atoms with Crippen LogP contribution in [0.1, 0.15) is 39.5 Å². The van der Waals surface area contributed by atoms with E-state index in [2.05, 4.69) is 36.7 Å². The highest BCUT2D eigenvalue weighted by Gasteiger charge is 2.60. The van der Waals surface area contributed by atoms with Gasteiger partial charge in [0.25, 0.3) is 0 Å². The van der Waals surface area contributed by atoms with Crippen molar-refractivity contribution in [2.45, 2.75) is 57.7 Å². The number of likely N-dealkylation sites (tertiary alicyclic amines) is 1. The first-order valence-corrected chi connectivity index (χ1v) is 8.79. The number of hydrogen-bond acceptors (Lipinski definition) is 5. The molecular formula is C17H22N6O. The molecule has 2 aliphatic heterocycles. The number of piperidine rings is 1. The number of rotatable bonds is 1. The topological polar surface area (TPSA) is 78.0 Å². The number of carbonyl (C=O) groups is 1. The van der Waals surface area contributed by atoms with Gasteiger partial charge < -0.3 is 14.8 Å². The first-order chi connectivity index (χ1) is 11.6. The van der Waals surface area contributed by atoms with Gasteiger partial charge in [0.1, 0.15) is 11.8 Å². The number of hydrogen-bond donors (Lipinski definition) is 1. The Bertz CT molecular complexity index is 818. The molecule has 3 aliphatic rings. The summed E-state index contributed by atoms with van der Waals surface area (Å²) in [5, 5.41) is 0. The Hall–Kier alpha value is -2.18. The third-order valence-electron chi connectivity index (χ3n) is 6.50. The number of H-pyrrole nitrogens is 1. The highest BCUT2D eigenvalue weighted by atomic mass is 16.2. The Labute approximate surface area is 140 Å². The predicted octanol–water partition coefficient (Wildman–Crippen LogP) is 1.72. The van der Waals surface area contributed by atoms with Crippen molar-refractivity contribution < 1.29 is 4.79 Å². The number of aromatic nitrogens is 4. The van der Waals surface area contributed by atoms with E-state index in [4.69, 9.17) is 0 Å². The van der Waals surface area contributed by atoms with Crippen molar-refractivity contribution in [1.29, 1.82) is 0 Å². The molecule has 1 saturated carbocycles. The van der Waals surface area contributed by atoms with Gasteiger partial charge in [-0.15, -0.1) is 0 Å². The van der Waals surface area contributed by atoms with E-state index in [1.54, 1.807) is 19.6 Å². The maximum Gasteiger partial charge on any atom is 0.220 e. The fourth-order valence-electron chi connectivity index (χ4n) is 5.67. The average molecular weight is 326 g/mol. The highest BCUT2D eigenvalue weighted by molar-refractivity contribution is 5.83. The summed E-state index contributed by atoms with van der Waals surface area (Å²) >= 11 is 0. The second-order valence-corrected chi connectivity index (χ2v) is 7.70. The molecule has 4 heterocycles. The zero-order valence-corrected chi connectivity index (χ0v) is 14.1. The number of nitrogens with one attached hydrogen (secondary N) is 1. The number of aromatic amines is 1. The molecule has 2 saturated heterocycles. The van der Waals surface area contributed by atoms with Gasteiger partial charge in [-0.2, -0.15) is 0 Å². The van der Waals surface area contributed by atoms with E-state index < -0.39 is 0 Å². The molecule has 0 spiro atoms. The molecule has 24 heavy (non-hydrogen) atoms. The lowest BCUT2D eigenvalue weighted by Gasteiger charge is -2.50. The van der Waals surface area contributed by atoms with Gasteiger partial charge in [-0.25, -0.2) is 15.0 Å². The molecule has 2 aromatic rings. The fourth-order valence-corrected chi connectivity index (χ4v) is 5.67. The second kappa shape index (κ2) is 4.68. The summed E-state index contributed by atoms with van der Waals surface area (Å²) in [5.74, 6) is 1.15. The molecule has 2 aromatic heterocycles. The molecule has 1 unspecified atom stereocenters. The molecule has 7 nitrogen and oxygen atoms in total. The van der Waals surface area contributed by atoms with Gasteiger partial charge in [0.05, 0.1) is 12.4 Å². The number of fused-ring (bicyclic) bond motifs is 2. The summed E-state index contributed by atoms with van der Waals surface area (Å²) in [6.45, 7) is 4.94. The Balaban J connectivity index is 1.64. The molecule has 7 heteroatoms. The summed E-state index contributed by atoms with van der Waals surface area (Å²) in [5.41, 5.74) is 1.75. The minimum absolute atomic E-state index is 0.143. The molecule has 1 amide bonds. The van der Waals surface area contributed by atoms with Gasteiger partial charge in [0, 0.05) is 31.0 Å². The smallest absolute Gasteiger partial charge is 0.220 e. The van der Waals surface area contributed by atoms with Crippen molar-refractivity contribution in [3.05, 3.63) is 12.7 Å². The van der Waals surface area contributed by atoms with Crippen LogP contribution in [0.25, 0.3) is 11.2 Å². The lowest BCUT2D eigenvalue weighted by molar-refractivity contribution is -0.132. The molecular weight excluding hydrogens is 304 g/mol. The van der Waals surface area contributed by atoms with E-state index in [1.165, 1.54) is 0 Å². The van der Waals surface area contributed by atoms with E-state index in [9.17, 15) is 4.79 Å². The van der Waals surface area contributed by atoms with E-state index in [0.717, 1.165) is 43.6 Å². The lowest BCUT2D eigenvalue weighted by atomic mass is 9.66. The zero-order valence-electron chi connectivity index (χ0n) is 14.1. The van der Waals surface area contributed by atoms with Crippen LogP contribution in [0.5, 0.6) is 0 Å². The Morgan fingerprint density at radius 3 is 2.96 bits per heavy atom. The van der Waals surface area contributed by atoms with Gasteiger partial charge in [-0.3, -0.25) is 4.79 Å². The quantitative estimate of drug-likeness (QED) is 0.863. The maximum atomic E-state index is 12.3. The van der Waals surface area contributed by atoms with E-state index >= 15 is 0 Å². The molecule has 1 aliphatic carbocycles. The fraction of sp³-hybridized carbons (Fsp3) is 0.647. The van der Waals surface area contributed by atoms with Crippen LogP contribution in [0.3, 0.4) is 0 Å². The molecule has 126 valence electrons. The van der Waals surface area contributed by atoms with Crippen molar-refractivity contribution in [3.63, 3.8) is 0 Å². The van der Waals surface area contributed by atoms with Gasteiger partial charge in [0.2, 0.25) is 5.91 Å². The molecule has 0 aromatic carbocycles. The summed E-state index contributed by atoms with van der Waals surface area (Å²) in [7, 11) is 0. The standard InChI is InChI=1S/C17H22N6O/c1-10(24)23-11-6-17(2)12(4-3-5-13(17)23)22(7-11)16-14-15(19-8-18-14)20-9-21-16/h8-9,11-13H,3-7H2,1-2H3,(H,18,19,20,21)/t11-,12+,13?,17+/m0/s1. The maximum absolute atomic E-state index is 12.3. The number of nitrogens with zero attached hydrogens (tertiary/aromatic N) is 5. The largest absolute Gasteiger partial charge is 0.349 e. The van der Waals surface area contributed by atoms with Crippen molar-refractivity contribution in [3.8, 4) is 0 Å². The number of anilines is 1. The van der Waals surface area contributed by atoms with Crippen LogP contribution in [0.15, 0.2) is 12.7 Å². The van der Waals surface area contributed by atoms with Crippen LogP contribution >= 0.6 is 0 Å². The first-order valence-electron chi connectivity index (χ1n) is 8.79. The van der Waals surface area contributed by atoms with E-state index in [1.807, 2.05) is 0 Å². The Morgan fingerprint density at radius 1 is 1.29 bits per heavy atom. The number of carbonyl (C=O) groups excluding carboxylic acids is 1. The third-order valence-corrected chi connectivity index (χ3v) is 6.50. The lowest BCUT2D eigenvalue weighted by Crippen LogP contribution is -2.56. The van der Waals surface area contributed by atoms with Crippen molar-refractivity contribution in [2.75, 3.05) is 11.4 Å². The van der Waals surface area contributed by atoms with Crippen LogP contribution in [0, 0.1) is 5.41 Å². The van der Waals surface area contributed by atoms with Crippen LogP contribution in [-0.4, -0.2) is 55.4 Å². The molecule has 3 fully saturated rings. The summed E-state index contributed by atoms with van der Waals surface area (Å²) in [4.78, 5) is 33.2. The average Bonchev–Trinajstić information content (AvgIpc) is 3.13. The van der Waals surface area contributed by atoms with Crippen molar-refractivity contribution in [2.24, 2.45) is 5.41 Å². The summed E-state index contributed by atoms with van der Waals surface area (Å²) in [6.07, 6.45) is 7.82. The molecule has 0 radical (unpaired) electrons. The minimum Gasteiger partial charge on any atom is -0.349 e. The summed E-state index contributed by atoms with van der Waals surface area (Å²) in [6, 6.07) is 1.06. The highest BCUT2D eigenvalue weighted by Crippen LogP contribution is 2.55. The molecule has 4 atom stereocenters. The number of amides is 1. The summed E-state index contributed by atoms with van der Waals surface area (Å²) < 4.78 is 0. The Morgan fingerprint density at radius 2 is 2.12 bits per heavy atom. The zero-order chi connectivity index (χ0) is 16.5.